The van der Waals surface area contributed by atoms with E-state index < -0.39 is 0 Å². The molecule has 0 bridgehead atoms. The largest absolute Gasteiger partial charge is 0.490 e. The average molecular weight is 289 g/mol. The number of rotatable bonds is 9. The quantitative estimate of drug-likeness (QED) is 0.551. The second-order valence-corrected chi connectivity index (χ2v) is 5.34. The van der Waals surface area contributed by atoms with Crippen LogP contribution in [0.1, 0.15) is 39.0 Å². The highest BCUT2D eigenvalue weighted by Gasteiger charge is 2.04. The Labute approximate surface area is 128 Å². The molecular formula is C18H27NO2. The van der Waals surface area contributed by atoms with Gasteiger partial charge in [-0.05, 0) is 57.7 Å². The van der Waals surface area contributed by atoms with Gasteiger partial charge < -0.3 is 14.8 Å². The Balaban J connectivity index is 1.60. The third-order valence-electron chi connectivity index (χ3n) is 3.69. The van der Waals surface area contributed by atoms with Crippen molar-refractivity contribution in [3.05, 3.63) is 35.9 Å². The van der Waals surface area contributed by atoms with Crippen LogP contribution < -0.4 is 14.8 Å². The van der Waals surface area contributed by atoms with Crippen molar-refractivity contribution < 1.29 is 9.47 Å². The maximum Gasteiger partial charge on any atom is 0.161 e. The molecule has 0 heterocycles. The fraction of sp³-hybridized carbons (Fsp3) is 0.556. The van der Waals surface area contributed by atoms with E-state index in [2.05, 4.69) is 11.4 Å². The predicted molar refractivity (Wildman–Crippen MR) is 87.1 cm³/mol. The minimum absolute atomic E-state index is 0.660. The van der Waals surface area contributed by atoms with Gasteiger partial charge in [-0.15, -0.1) is 0 Å². The van der Waals surface area contributed by atoms with Gasteiger partial charge in [0.25, 0.3) is 0 Å². The molecule has 1 aliphatic carbocycles. The van der Waals surface area contributed by atoms with E-state index in [4.69, 9.17) is 9.47 Å². The van der Waals surface area contributed by atoms with Crippen LogP contribution in [0.4, 0.5) is 0 Å². The van der Waals surface area contributed by atoms with Crippen LogP contribution in [0.25, 0.3) is 0 Å². The van der Waals surface area contributed by atoms with Crippen molar-refractivity contribution in [2.45, 2.75) is 39.0 Å². The Hall–Kier alpha value is -1.48. The smallest absolute Gasteiger partial charge is 0.161 e. The normalized spacial score (nSPS) is 14.6. The molecule has 0 atom stereocenters. The van der Waals surface area contributed by atoms with Crippen LogP contribution in [-0.2, 0) is 0 Å². The van der Waals surface area contributed by atoms with E-state index in [-0.39, 0.29) is 0 Å². The molecule has 0 saturated carbocycles. The van der Waals surface area contributed by atoms with Crippen LogP contribution >= 0.6 is 0 Å². The number of allylic oxidation sites excluding steroid dienone is 1. The third-order valence-corrected chi connectivity index (χ3v) is 3.69. The van der Waals surface area contributed by atoms with Gasteiger partial charge in [0.15, 0.2) is 11.5 Å². The maximum atomic E-state index is 5.78. The zero-order valence-corrected chi connectivity index (χ0v) is 13.1. The van der Waals surface area contributed by atoms with E-state index in [0.717, 1.165) is 24.6 Å². The van der Waals surface area contributed by atoms with Gasteiger partial charge in [-0.1, -0.05) is 23.8 Å². The molecule has 3 nitrogen and oxygen atoms in total. The standard InChI is InChI=1S/C18H27NO2/c1-2-20-17-10-6-7-11-18(17)21-15-14-19-13-12-16-8-4-3-5-9-16/h6-8,10-11,19H,2-5,9,12-15H2,1H3. The highest BCUT2D eigenvalue weighted by atomic mass is 16.5. The highest BCUT2D eigenvalue weighted by molar-refractivity contribution is 5.39. The van der Waals surface area contributed by atoms with Gasteiger partial charge in [0.05, 0.1) is 6.61 Å². The summed E-state index contributed by atoms with van der Waals surface area (Å²) < 4.78 is 11.3. The fourth-order valence-electron chi connectivity index (χ4n) is 2.58. The van der Waals surface area contributed by atoms with Gasteiger partial charge in [0.2, 0.25) is 0 Å². The lowest BCUT2D eigenvalue weighted by Gasteiger charge is -2.14. The lowest BCUT2D eigenvalue weighted by Crippen LogP contribution is -2.22. The van der Waals surface area contributed by atoms with Crippen LogP contribution in [-0.4, -0.2) is 26.3 Å². The molecule has 1 N–H and O–H groups in total. The van der Waals surface area contributed by atoms with E-state index in [1.54, 1.807) is 5.57 Å². The van der Waals surface area contributed by atoms with E-state index in [1.807, 2.05) is 31.2 Å². The molecule has 2 rings (SSSR count). The van der Waals surface area contributed by atoms with Crippen LogP contribution in [0.2, 0.25) is 0 Å². The van der Waals surface area contributed by atoms with Crippen LogP contribution in [0.5, 0.6) is 11.5 Å². The van der Waals surface area contributed by atoms with E-state index in [9.17, 15) is 0 Å². The first kappa shape index (κ1) is 15.9. The van der Waals surface area contributed by atoms with Gasteiger partial charge >= 0.3 is 0 Å². The summed E-state index contributed by atoms with van der Waals surface area (Å²) in [5.41, 5.74) is 1.62. The molecule has 21 heavy (non-hydrogen) atoms. The van der Waals surface area contributed by atoms with E-state index in [0.29, 0.717) is 13.2 Å². The summed E-state index contributed by atoms with van der Waals surface area (Å²) in [4.78, 5) is 0. The molecule has 1 aliphatic rings. The summed E-state index contributed by atoms with van der Waals surface area (Å²) in [7, 11) is 0. The van der Waals surface area contributed by atoms with Crippen molar-refractivity contribution in [2.75, 3.05) is 26.3 Å². The minimum Gasteiger partial charge on any atom is -0.490 e. The second kappa shape index (κ2) is 9.46. The molecule has 1 aromatic rings. The number of benzene rings is 1. The summed E-state index contributed by atoms with van der Waals surface area (Å²) in [6.07, 6.45) is 8.88. The van der Waals surface area contributed by atoms with Crippen LogP contribution in [0.3, 0.4) is 0 Å². The fourth-order valence-corrected chi connectivity index (χ4v) is 2.58. The molecule has 0 fully saturated rings. The average Bonchev–Trinajstić information content (AvgIpc) is 2.53. The molecule has 116 valence electrons. The lowest BCUT2D eigenvalue weighted by atomic mass is 9.97. The first-order chi connectivity index (χ1) is 10.4. The van der Waals surface area contributed by atoms with Crippen molar-refractivity contribution in [1.29, 1.82) is 0 Å². The molecule has 0 spiro atoms. The first-order valence-corrected chi connectivity index (χ1v) is 8.13. The third kappa shape index (κ3) is 5.80. The SMILES string of the molecule is CCOc1ccccc1OCCNCCC1=CCCCC1. The van der Waals surface area contributed by atoms with E-state index >= 15 is 0 Å². The Kier molecular flexibility index (Phi) is 7.16. The molecule has 0 unspecified atom stereocenters. The molecular weight excluding hydrogens is 262 g/mol. The first-order valence-electron chi connectivity index (χ1n) is 8.13. The molecule has 3 heteroatoms. The van der Waals surface area contributed by atoms with E-state index in [1.165, 1.54) is 32.1 Å². The van der Waals surface area contributed by atoms with Crippen LogP contribution in [0.15, 0.2) is 35.9 Å². The summed E-state index contributed by atoms with van der Waals surface area (Å²) in [6.45, 7) is 5.23. The summed E-state index contributed by atoms with van der Waals surface area (Å²) in [5, 5.41) is 3.45. The summed E-state index contributed by atoms with van der Waals surface area (Å²) >= 11 is 0. The van der Waals surface area contributed by atoms with Crippen molar-refractivity contribution in [3.8, 4) is 11.5 Å². The predicted octanol–water partition coefficient (Wildman–Crippen LogP) is 3.94. The van der Waals surface area contributed by atoms with Crippen molar-refractivity contribution in [1.82, 2.24) is 5.32 Å². The number of hydrogen-bond acceptors (Lipinski definition) is 3. The summed E-state index contributed by atoms with van der Waals surface area (Å²) in [6, 6.07) is 7.84. The van der Waals surface area contributed by atoms with Gasteiger partial charge in [-0.25, -0.2) is 0 Å². The van der Waals surface area contributed by atoms with Gasteiger partial charge in [0, 0.05) is 6.54 Å². The number of para-hydroxylation sites is 2. The monoisotopic (exact) mass is 289 g/mol. The highest BCUT2D eigenvalue weighted by Crippen LogP contribution is 2.26. The zero-order chi connectivity index (χ0) is 14.8. The van der Waals surface area contributed by atoms with Crippen molar-refractivity contribution in [3.63, 3.8) is 0 Å². The number of hydrogen-bond donors (Lipinski definition) is 1. The minimum atomic E-state index is 0.660. The Morgan fingerprint density at radius 1 is 1.05 bits per heavy atom. The van der Waals surface area contributed by atoms with Crippen LogP contribution in [0, 0.1) is 0 Å². The zero-order valence-electron chi connectivity index (χ0n) is 13.1. The van der Waals surface area contributed by atoms with Gasteiger partial charge in [0.1, 0.15) is 6.61 Å². The molecule has 0 radical (unpaired) electrons. The number of nitrogens with one attached hydrogen (secondary N) is 1. The van der Waals surface area contributed by atoms with Gasteiger partial charge in [-0.2, -0.15) is 0 Å². The Morgan fingerprint density at radius 2 is 1.86 bits per heavy atom. The Bertz CT molecular complexity index is 443. The lowest BCUT2D eigenvalue weighted by molar-refractivity contribution is 0.276. The van der Waals surface area contributed by atoms with Crippen molar-refractivity contribution in [2.24, 2.45) is 0 Å². The van der Waals surface area contributed by atoms with Gasteiger partial charge in [-0.3, -0.25) is 0 Å². The maximum absolute atomic E-state index is 5.78. The molecule has 0 saturated heterocycles. The molecule has 0 amide bonds. The summed E-state index contributed by atoms with van der Waals surface area (Å²) in [5.74, 6) is 1.66. The molecule has 0 aromatic heterocycles. The topological polar surface area (TPSA) is 30.5 Å². The molecule has 1 aromatic carbocycles. The number of ether oxygens (including phenoxy) is 2. The second-order valence-electron chi connectivity index (χ2n) is 5.34. The molecule has 0 aliphatic heterocycles. The Morgan fingerprint density at radius 3 is 2.57 bits per heavy atom. The van der Waals surface area contributed by atoms with Crippen molar-refractivity contribution >= 4 is 0 Å².